The van der Waals surface area contributed by atoms with Crippen LogP contribution >= 0.6 is 0 Å². The van der Waals surface area contributed by atoms with Gasteiger partial charge in [-0.05, 0) is 50.6 Å². The van der Waals surface area contributed by atoms with Gasteiger partial charge in [-0.2, -0.15) is 5.10 Å². The standard InChI is InChI=1S/C26H29FN6O3/c1-15(26(2,3)35)30-23-11-21-17(12-28-23)6-8-20(31-21)25(34)32-24(18-13-29-33(4)14-18)16-7-9-22(36-5)19(27)10-16/h6-15,24,35H,1-5H3,(H,28,30)(H,32,34)/t15-,24?/m1/s1. The first-order valence-corrected chi connectivity index (χ1v) is 11.4. The summed E-state index contributed by atoms with van der Waals surface area (Å²) in [5.74, 6) is -0.319. The highest BCUT2D eigenvalue weighted by Gasteiger charge is 2.23. The smallest absolute Gasteiger partial charge is 0.270 e. The minimum Gasteiger partial charge on any atom is -0.494 e. The van der Waals surface area contributed by atoms with Crippen molar-refractivity contribution in [3.05, 3.63) is 77.6 Å². The molecule has 1 amide bonds. The molecule has 36 heavy (non-hydrogen) atoms. The maximum absolute atomic E-state index is 14.5. The summed E-state index contributed by atoms with van der Waals surface area (Å²) in [6.45, 7) is 5.27. The number of hydrogen-bond donors (Lipinski definition) is 3. The molecule has 2 atom stereocenters. The Hall–Kier alpha value is -4.05. The van der Waals surface area contributed by atoms with Gasteiger partial charge in [0.05, 0.1) is 36.5 Å². The highest BCUT2D eigenvalue weighted by Crippen LogP contribution is 2.27. The molecule has 1 unspecified atom stereocenters. The Morgan fingerprint density at radius 3 is 2.58 bits per heavy atom. The summed E-state index contributed by atoms with van der Waals surface area (Å²) in [6, 6.07) is 8.72. The molecular weight excluding hydrogens is 463 g/mol. The van der Waals surface area contributed by atoms with Crippen LogP contribution in [0.15, 0.2) is 55.0 Å². The summed E-state index contributed by atoms with van der Waals surface area (Å²) < 4.78 is 21.1. The van der Waals surface area contributed by atoms with Crippen molar-refractivity contribution in [1.29, 1.82) is 0 Å². The molecule has 4 aromatic rings. The number of nitrogens with zero attached hydrogens (tertiary/aromatic N) is 4. The van der Waals surface area contributed by atoms with E-state index in [4.69, 9.17) is 4.74 Å². The quantitative estimate of drug-likeness (QED) is 0.344. The van der Waals surface area contributed by atoms with E-state index in [1.54, 1.807) is 68.4 Å². The lowest BCUT2D eigenvalue weighted by molar-refractivity contribution is 0.0648. The molecule has 0 aliphatic carbocycles. The number of anilines is 1. The van der Waals surface area contributed by atoms with Crippen molar-refractivity contribution in [3.63, 3.8) is 0 Å². The van der Waals surface area contributed by atoms with Gasteiger partial charge in [0.15, 0.2) is 11.6 Å². The summed E-state index contributed by atoms with van der Waals surface area (Å²) in [4.78, 5) is 22.2. The molecule has 1 aromatic carbocycles. The number of carbonyl (C=O) groups excluding carboxylic acids is 1. The van der Waals surface area contributed by atoms with Gasteiger partial charge in [0.2, 0.25) is 0 Å². The monoisotopic (exact) mass is 492 g/mol. The number of nitrogens with one attached hydrogen (secondary N) is 2. The van der Waals surface area contributed by atoms with Crippen LogP contribution in [0.3, 0.4) is 0 Å². The summed E-state index contributed by atoms with van der Waals surface area (Å²) >= 11 is 0. The zero-order chi connectivity index (χ0) is 26.0. The third kappa shape index (κ3) is 5.44. The van der Waals surface area contributed by atoms with Crippen molar-refractivity contribution in [2.24, 2.45) is 7.05 Å². The fourth-order valence-corrected chi connectivity index (χ4v) is 3.64. The van der Waals surface area contributed by atoms with Crippen LogP contribution in [0.25, 0.3) is 10.9 Å². The molecule has 0 fully saturated rings. The van der Waals surface area contributed by atoms with Gasteiger partial charge in [-0.15, -0.1) is 0 Å². The number of aromatic nitrogens is 4. The van der Waals surface area contributed by atoms with E-state index in [0.29, 0.717) is 22.5 Å². The van der Waals surface area contributed by atoms with Gasteiger partial charge >= 0.3 is 0 Å². The van der Waals surface area contributed by atoms with Gasteiger partial charge in [0, 0.05) is 36.5 Å². The number of carbonyl (C=O) groups is 1. The van der Waals surface area contributed by atoms with Crippen molar-refractivity contribution in [1.82, 2.24) is 25.1 Å². The number of amides is 1. The number of ether oxygens (including phenoxy) is 1. The third-order valence-electron chi connectivity index (χ3n) is 6.07. The summed E-state index contributed by atoms with van der Waals surface area (Å²) in [6.07, 6.45) is 5.03. The van der Waals surface area contributed by atoms with E-state index >= 15 is 0 Å². The number of aryl methyl sites for hydroxylation is 1. The molecule has 9 nitrogen and oxygen atoms in total. The first-order chi connectivity index (χ1) is 17.0. The second-order valence-corrected chi connectivity index (χ2v) is 9.23. The lowest BCUT2D eigenvalue weighted by Gasteiger charge is -2.27. The van der Waals surface area contributed by atoms with Crippen LogP contribution < -0.4 is 15.4 Å². The molecule has 0 saturated carbocycles. The van der Waals surface area contributed by atoms with Crippen LogP contribution in [0.1, 0.15) is 48.4 Å². The Balaban J connectivity index is 1.63. The number of aliphatic hydroxyl groups is 1. The summed E-state index contributed by atoms with van der Waals surface area (Å²) in [7, 11) is 3.16. The molecular formula is C26H29FN6O3. The average Bonchev–Trinajstić information content (AvgIpc) is 3.27. The Bertz CT molecular complexity index is 1400. The van der Waals surface area contributed by atoms with Gasteiger partial charge in [0.1, 0.15) is 11.5 Å². The van der Waals surface area contributed by atoms with Gasteiger partial charge in [-0.25, -0.2) is 14.4 Å². The SMILES string of the molecule is COc1ccc(C(NC(=O)c2ccc3cnc(N[C@H](C)C(C)(C)O)cc3n2)c2cnn(C)c2)cc1F. The lowest BCUT2D eigenvalue weighted by Crippen LogP contribution is -2.39. The largest absolute Gasteiger partial charge is 0.494 e. The van der Waals surface area contributed by atoms with Crippen molar-refractivity contribution < 1.29 is 19.0 Å². The van der Waals surface area contributed by atoms with Gasteiger partial charge in [-0.3, -0.25) is 9.48 Å². The van der Waals surface area contributed by atoms with Crippen molar-refractivity contribution in [3.8, 4) is 5.75 Å². The normalized spacial score (nSPS) is 13.3. The maximum atomic E-state index is 14.5. The molecule has 0 bridgehead atoms. The van der Waals surface area contributed by atoms with E-state index in [2.05, 4.69) is 25.7 Å². The number of pyridine rings is 2. The minimum absolute atomic E-state index is 0.114. The molecule has 4 rings (SSSR count). The Morgan fingerprint density at radius 2 is 1.94 bits per heavy atom. The molecule has 0 spiro atoms. The molecule has 0 saturated heterocycles. The predicted molar refractivity (Wildman–Crippen MR) is 134 cm³/mol. The first kappa shape index (κ1) is 25.1. The Morgan fingerprint density at radius 1 is 1.17 bits per heavy atom. The van der Waals surface area contributed by atoms with Crippen LogP contribution in [0.4, 0.5) is 10.2 Å². The number of rotatable bonds is 8. The maximum Gasteiger partial charge on any atom is 0.270 e. The van der Waals surface area contributed by atoms with E-state index in [0.717, 1.165) is 5.39 Å². The zero-order valence-electron chi connectivity index (χ0n) is 20.8. The van der Waals surface area contributed by atoms with Gasteiger partial charge < -0.3 is 20.5 Å². The molecule has 3 heterocycles. The molecule has 188 valence electrons. The number of methoxy groups -OCH3 is 1. The molecule has 0 radical (unpaired) electrons. The van der Waals surface area contributed by atoms with E-state index in [-0.39, 0.29) is 17.5 Å². The fourth-order valence-electron chi connectivity index (χ4n) is 3.64. The van der Waals surface area contributed by atoms with Crippen LogP contribution in [0, 0.1) is 5.82 Å². The Kier molecular flexibility index (Phi) is 6.89. The highest BCUT2D eigenvalue weighted by molar-refractivity contribution is 5.95. The van der Waals surface area contributed by atoms with E-state index < -0.39 is 23.4 Å². The molecule has 0 aliphatic heterocycles. The van der Waals surface area contributed by atoms with E-state index in [1.165, 1.54) is 19.2 Å². The summed E-state index contributed by atoms with van der Waals surface area (Å²) in [5, 5.41) is 21.3. The van der Waals surface area contributed by atoms with Crippen LogP contribution in [-0.2, 0) is 7.05 Å². The molecule has 0 aliphatic rings. The number of fused-ring (bicyclic) bond motifs is 1. The first-order valence-electron chi connectivity index (χ1n) is 11.4. The zero-order valence-corrected chi connectivity index (χ0v) is 20.8. The van der Waals surface area contributed by atoms with Crippen molar-refractivity contribution in [2.45, 2.75) is 38.5 Å². The van der Waals surface area contributed by atoms with E-state index in [1.807, 2.05) is 6.92 Å². The molecule has 10 heteroatoms. The molecule has 3 aromatic heterocycles. The van der Waals surface area contributed by atoms with Crippen LogP contribution in [0.5, 0.6) is 5.75 Å². The number of hydrogen-bond acceptors (Lipinski definition) is 7. The number of halogens is 1. The van der Waals surface area contributed by atoms with Gasteiger partial charge in [-0.1, -0.05) is 6.07 Å². The van der Waals surface area contributed by atoms with Crippen LogP contribution in [0.2, 0.25) is 0 Å². The minimum atomic E-state index is -0.950. The van der Waals surface area contributed by atoms with Crippen LogP contribution in [-0.4, -0.2) is 49.5 Å². The second kappa shape index (κ2) is 9.90. The topological polar surface area (TPSA) is 114 Å². The second-order valence-electron chi connectivity index (χ2n) is 9.23. The fraction of sp³-hybridized carbons (Fsp3) is 0.308. The van der Waals surface area contributed by atoms with Gasteiger partial charge in [0.25, 0.3) is 5.91 Å². The Labute approximate surface area is 208 Å². The van der Waals surface area contributed by atoms with Crippen molar-refractivity contribution in [2.75, 3.05) is 12.4 Å². The highest BCUT2D eigenvalue weighted by atomic mass is 19.1. The third-order valence-corrected chi connectivity index (χ3v) is 6.07. The lowest BCUT2D eigenvalue weighted by atomic mass is 10.0. The van der Waals surface area contributed by atoms with E-state index in [9.17, 15) is 14.3 Å². The predicted octanol–water partition coefficient (Wildman–Crippen LogP) is 3.60. The van der Waals surface area contributed by atoms with Crippen molar-refractivity contribution >= 4 is 22.6 Å². The summed E-state index contributed by atoms with van der Waals surface area (Å²) in [5.41, 5.74) is 1.03. The number of benzene rings is 1. The average molecular weight is 493 g/mol. The molecule has 3 N–H and O–H groups in total.